The van der Waals surface area contributed by atoms with Crippen LogP contribution in [0.25, 0.3) is 11.1 Å². The summed E-state index contributed by atoms with van der Waals surface area (Å²) in [5, 5.41) is 4.61. The van der Waals surface area contributed by atoms with Gasteiger partial charge in [0.05, 0.1) is 12.2 Å². The molecule has 0 spiro atoms. The van der Waals surface area contributed by atoms with Crippen LogP contribution in [0.5, 0.6) is 0 Å². The van der Waals surface area contributed by atoms with Crippen molar-refractivity contribution in [1.82, 2.24) is 14.3 Å². The summed E-state index contributed by atoms with van der Waals surface area (Å²) in [5.41, 5.74) is 3.37. The summed E-state index contributed by atoms with van der Waals surface area (Å²) in [6, 6.07) is 14.3. The summed E-state index contributed by atoms with van der Waals surface area (Å²) in [6.45, 7) is 0. The first-order valence-electron chi connectivity index (χ1n) is 7.98. The zero-order chi connectivity index (χ0) is 15.8. The molecule has 3 aromatic rings. The van der Waals surface area contributed by atoms with Gasteiger partial charge in [-0.1, -0.05) is 30.3 Å². The Labute approximate surface area is 135 Å². The first-order chi connectivity index (χ1) is 11.2. The van der Waals surface area contributed by atoms with Gasteiger partial charge in [0.2, 0.25) is 5.56 Å². The zero-order valence-electron chi connectivity index (χ0n) is 13.1. The lowest BCUT2D eigenvalue weighted by Crippen LogP contribution is -2.14. The number of hydrogen-bond acceptors (Lipinski definition) is 2. The second-order valence-electron chi connectivity index (χ2n) is 6.27. The van der Waals surface area contributed by atoms with Crippen molar-refractivity contribution in [3.8, 4) is 11.1 Å². The first kappa shape index (κ1) is 14.0. The van der Waals surface area contributed by atoms with E-state index in [1.807, 2.05) is 24.5 Å². The number of rotatable bonds is 4. The zero-order valence-corrected chi connectivity index (χ0v) is 13.1. The fourth-order valence-corrected chi connectivity index (χ4v) is 3.11. The molecule has 1 fully saturated rings. The summed E-state index contributed by atoms with van der Waals surface area (Å²) in [7, 11) is 1.77. The maximum Gasteiger partial charge on any atom is 0.250 e. The van der Waals surface area contributed by atoms with Crippen molar-refractivity contribution in [2.45, 2.75) is 18.9 Å². The molecule has 0 N–H and O–H groups in total. The van der Waals surface area contributed by atoms with Crippen molar-refractivity contribution in [3.05, 3.63) is 77.0 Å². The van der Waals surface area contributed by atoms with Gasteiger partial charge in [0.1, 0.15) is 0 Å². The average molecular weight is 305 g/mol. The summed E-state index contributed by atoms with van der Waals surface area (Å²) >= 11 is 0. The molecule has 1 saturated carbocycles. The molecular formula is C19H19N3O. The van der Waals surface area contributed by atoms with E-state index in [0.717, 1.165) is 11.1 Å². The number of hydrogen-bond donors (Lipinski definition) is 0. The Morgan fingerprint density at radius 2 is 1.83 bits per heavy atom. The third kappa shape index (κ3) is 2.72. The predicted octanol–water partition coefficient (Wildman–Crippen LogP) is 3.25. The fourth-order valence-electron chi connectivity index (χ4n) is 3.11. The highest BCUT2D eigenvalue weighted by molar-refractivity contribution is 5.60. The summed E-state index contributed by atoms with van der Waals surface area (Å²) in [6.07, 6.45) is 8.36. The Hall–Kier alpha value is -2.62. The monoisotopic (exact) mass is 305 g/mol. The Bertz CT molecular complexity index is 875. The maximum absolute atomic E-state index is 11.5. The molecule has 0 radical (unpaired) electrons. The average Bonchev–Trinajstić information content (AvgIpc) is 3.28. The molecule has 1 unspecified atom stereocenters. The van der Waals surface area contributed by atoms with Gasteiger partial charge in [0.25, 0.3) is 0 Å². The summed E-state index contributed by atoms with van der Waals surface area (Å²) in [4.78, 5) is 11.5. The molecule has 1 atom stereocenters. The van der Waals surface area contributed by atoms with E-state index in [-0.39, 0.29) is 5.56 Å². The molecule has 1 aromatic carbocycles. The van der Waals surface area contributed by atoms with Gasteiger partial charge < -0.3 is 4.57 Å². The smallest absolute Gasteiger partial charge is 0.250 e. The van der Waals surface area contributed by atoms with Crippen molar-refractivity contribution in [1.29, 1.82) is 0 Å². The molecule has 4 heteroatoms. The number of pyridine rings is 1. The van der Waals surface area contributed by atoms with Crippen LogP contribution < -0.4 is 5.56 Å². The summed E-state index contributed by atoms with van der Waals surface area (Å²) in [5.74, 6) is 0.672. The molecule has 0 amide bonds. The SMILES string of the molecule is Cn1cc(-c2cnn(C(c3ccccc3)C3CC3)c2)ccc1=O. The van der Waals surface area contributed by atoms with Crippen molar-refractivity contribution >= 4 is 0 Å². The second kappa shape index (κ2) is 5.54. The maximum atomic E-state index is 11.5. The number of aromatic nitrogens is 3. The number of aryl methyl sites for hydroxylation is 1. The molecule has 2 heterocycles. The van der Waals surface area contributed by atoms with Crippen LogP contribution in [0.3, 0.4) is 0 Å². The molecule has 1 aliphatic carbocycles. The van der Waals surface area contributed by atoms with Crippen LogP contribution in [0.2, 0.25) is 0 Å². The standard InChI is InChI=1S/C19H19N3O/c1-21-12-16(9-10-18(21)23)17-11-20-22(13-17)19(15-7-8-15)14-5-3-2-4-6-14/h2-6,9-13,15,19H,7-8H2,1H3. The normalized spacial score (nSPS) is 15.5. The molecule has 2 aromatic heterocycles. The van der Waals surface area contributed by atoms with Gasteiger partial charge in [-0.05, 0) is 30.4 Å². The minimum atomic E-state index is 0.00119. The molecule has 1 aliphatic rings. The highest BCUT2D eigenvalue weighted by atomic mass is 16.1. The van der Waals surface area contributed by atoms with E-state index in [1.165, 1.54) is 18.4 Å². The van der Waals surface area contributed by atoms with Crippen LogP contribution in [-0.4, -0.2) is 14.3 Å². The van der Waals surface area contributed by atoms with Crippen LogP contribution >= 0.6 is 0 Å². The highest BCUT2D eigenvalue weighted by Crippen LogP contribution is 2.43. The van der Waals surface area contributed by atoms with Gasteiger partial charge in [-0.15, -0.1) is 0 Å². The van der Waals surface area contributed by atoms with Crippen LogP contribution in [0.15, 0.2) is 65.8 Å². The minimum Gasteiger partial charge on any atom is -0.318 e. The van der Waals surface area contributed by atoms with E-state index < -0.39 is 0 Å². The highest BCUT2D eigenvalue weighted by Gasteiger charge is 2.34. The molecule has 0 saturated heterocycles. The second-order valence-corrected chi connectivity index (χ2v) is 6.27. The first-order valence-corrected chi connectivity index (χ1v) is 7.98. The fraction of sp³-hybridized carbons (Fsp3) is 0.263. The molecule has 4 nitrogen and oxygen atoms in total. The Kier molecular flexibility index (Phi) is 3.37. The quantitative estimate of drug-likeness (QED) is 0.742. The number of benzene rings is 1. The Balaban J connectivity index is 1.71. The van der Waals surface area contributed by atoms with Gasteiger partial charge in [0, 0.05) is 36.6 Å². The van der Waals surface area contributed by atoms with Crippen molar-refractivity contribution in [3.63, 3.8) is 0 Å². The topological polar surface area (TPSA) is 39.8 Å². The van der Waals surface area contributed by atoms with Gasteiger partial charge in [-0.25, -0.2) is 0 Å². The van der Waals surface area contributed by atoms with Crippen LogP contribution in [0, 0.1) is 5.92 Å². The third-order valence-corrected chi connectivity index (χ3v) is 4.52. The summed E-state index contributed by atoms with van der Waals surface area (Å²) < 4.78 is 3.68. The van der Waals surface area contributed by atoms with Crippen molar-refractivity contribution in [2.75, 3.05) is 0 Å². The van der Waals surface area contributed by atoms with Crippen molar-refractivity contribution in [2.24, 2.45) is 13.0 Å². The van der Waals surface area contributed by atoms with Gasteiger partial charge in [0.15, 0.2) is 0 Å². The molecule has 116 valence electrons. The Morgan fingerprint density at radius 3 is 2.52 bits per heavy atom. The predicted molar refractivity (Wildman–Crippen MR) is 90.2 cm³/mol. The molecule has 4 rings (SSSR count). The van der Waals surface area contributed by atoms with Crippen molar-refractivity contribution < 1.29 is 0 Å². The van der Waals surface area contributed by atoms with E-state index in [0.29, 0.717) is 12.0 Å². The Morgan fingerprint density at radius 1 is 1.04 bits per heavy atom. The van der Waals surface area contributed by atoms with Crippen LogP contribution in [0.1, 0.15) is 24.4 Å². The third-order valence-electron chi connectivity index (χ3n) is 4.52. The molecule has 0 aliphatic heterocycles. The van der Waals surface area contributed by atoms with E-state index in [1.54, 1.807) is 17.7 Å². The van der Waals surface area contributed by atoms with Gasteiger partial charge >= 0.3 is 0 Å². The van der Waals surface area contributed by atoms with Gasteiger partial charge in [-0.3, -0.25) is 9.48 Å². The van der Waals surface area contributed by atoms with Gasteiger partial charge in [-0.2, -0.15) is 5.10 Å². The van der Waals surface area contributed by atoms with E-state index in [2.05, 4.69) is 40.2 Å². The van der Waals surface area contributed by atoms with E-state index in [9.17, 15) is 4.79 Å². The molecular weight excluding hydrogens is 286 g/mol. The lowest BCUT2D eigenvalue weighted by molar-refractivity contribution is 0.471. The molecule has 23 heavy (non-hydrogen) atoms. The minimum absolute atomic E-state index is 0.00119. The van der Waals surface area contributed by atoms with Crippen LogP contribution in [-0.2, 0) is 7.05 Å². The van der Waals surface area contributed by atoms with Crippen LogP contribution in [0.4, 0.5) is 0 Å². The lowest BCUT2D eigenvalue weighted by atomic mass is 10.0. The lowest BCUT2D eigenvalue weighted by Gasteiger charge is -2.17. The molecule has 0 bridgehead atoms. The van der Waals surface area contributed by atoms with E-state index in [4.69, 9.17) is 0 Å². The number of nitrogens with zero attached hydrogens (tertiary/aromatic N) is 3. The van der Waals surface area contributed by atoms with E-state index >= 15 is 0 Å². The largest absolute Gasteiger partial charge is 0.318 e.